The van der Waals surface area contributed by atoms with Crippen molar-refractivity contribution in [1.29, 1.82) is 0 Å². The van der Waals surface area contributed by atoms with Crippen LogP contribution in [0.1, 0.15) is 48.9 Å². The third-order valence-corrected chi connectivity index (χ3v) is 2.85. The Morgan fingerprint density at radius 1 is 1.50 bits per heavy atom. The second kappa shape index (κ2) is 5.16. The van der Waals surface area contributed by atoms with Crippen LogP contribution in [0.2, 0.25) is 0 Å². The average molecular weight is 223 g/mol. The molecule has 4 heteroatoms. The molecule has 0 aromatic carbocycles. The molecule has 0 aliphatic heterocycles. The average Bonchev–Trinajstić information content (AvgIpc) is 2.96. The van der Waals surface area contributed by atoms with Gasteiger partial charge < -0.3 is 4.42 Å². The Morgan fingerprint density at radius 2 is 2.25 bits per heavy atom. The number of hydroxylamine groups is 1. The van der Waals surface area contributed by atoms with Crippen molar-refractivity contribution in [3.63, 3.8) is 0 Å². The highest BCUT2D eigenvalue weighted by molar-refractivity contribution is 5.90. The van der Waals surface area contributed by atoms with E-state index in [2.05, 4.69) is 5.48 Å². The maximum atomic E-state index is 11.6. The van der Waals surface area contributed by atoms with Gasteiger partial charge in [-0.05, 0) is 25.0 Å². The van der Waals surface area contributed by atoms with Crippen molar-refractivity contribution in [2.24, 2.45) is 0 Å². The van der Waals surface area contributed by atoms with Crippen LogP contribution in [-0.2, 0) is 11.3 Å². The summed E-state index contributed by atoms with van der Waals surface area (Å²) in [5.74, 6) is 0.826. The second-order valence-electron chi connectivity index (χ2n) is 4.08. The molecule has 0 atom stereocenters. The van der Waals surface area contributed by atoms with Gasteiger partial charge in [0.2, 0.25) is 0 Å². The third kappa shape index (κ3) is 2.64. The van der Waals surface area contributed by atoms with E-state index < -0.39 is 0 Å². The van der Waals surface area contributed by atoms with Crippen LogP contribution in [0.5, 0.6) is 0 Å². The SMILES string of the molecule is CCc1ccc(C(=O)NOC2CCCC2)o1. The van der Waals surface area contributed by atoms with Crippen LogP contribution in [-0.4, -0.2) is 12.0 Å². The van der Waals surface area contributed by atoms with Crippen LogP contribution < -0.4 is 5.48 Å². The summed E-state index contributed by atoms with van der Waals surface area (Å²) < 4.78 is 5.32. The van der Waals surface area contributed by atoms with Crippen molar-refractivity contribution < 1.29 is 14.0 Å². The first-order valence-corrected chi connectivity index (χ1v) is 5.84. The number of rotatable bonds is 4. The van der Waals surface area contributed by atoms with Crippen molar-refractivity contribution in [3.05, 3.63) is 23.7 Å². The number of hydrogen-bond acceptors (Lipinski definition) is 3. The molecule has 0 radical (unpaired) electrons. The Balaban J connectivity index is 1.82. The summed E-state index contributed by atoms with van der Waals surface area (Å²) in [7, 11) is 0. The molecule has 0 unspecified atom stereocenters. The predicted octanol–water partition coefficient (Wildman–Crippen LogP) is 2.45. The first-order chi connectivity index (χ1) is 7.79. The molecule has 1 heterocycles. The summed E-state index contributed by atoms with van der Waals surface area (Å²) >= 11 is 0. The number of nitrogens with one attached hydrogen (secondary N) is 1. The number of furan rings is 1. The fourth-order valence-corrected chi connectivity index (χ4v) is 1.88. The monoisotopic (exact) mass is 223 g/mol. The van der Waals surface area contributed by atoms with Gasteiger partial charge in [0.05, 0.1) is 6.10 Å². The van der Waals surface area contributed by atoms with Gasteiger partial charge in [0, 0.05) is 6.42 Å². The van der Waals surface area contributed by atoms with Crippen molar-refractivity contribution >= 4 is 5.91 Å². The molecule has 1 fully saturated rings. The van der Waals surface area contributed by atoms with E-state index >= 15 is 0 Å². The van der Waals surface area contributed by atoms with Gasteiger partial charge in [0.25, 0.3) is 0 Å². The summed E-state index contributed by atoms with van der Waals surface area (Å²) in [5, 5.41) is 0. The molecule has 16 heavy (non-hydrogen) atoms. The molecule has 1 aromatic rings. The van der Waals surface area contributed by atoms with Crippen LogP contribution in [0.4, 0.5) is 0 Å². The molecule has 2 rings (SSSR count). The highest BCUT2D eigenvalue weighted by Gasteiger charge is 2.18. The molecule has 0 spiro atoms. The van der Waals surface area contributed by atoms with E-state index in [0.717, 1.165) is 25.0 Å². The van der Waals surface area contributed by atoms with E-state index in [1.54, 1.807) is 6.07 Å². The molecular formula is C12H17NO3. The molecule has 1 aliphatic carbocycles. The van der Waals surface area contributed by atoms with E-state index in [1.807, 2.05) is 13.0 Å². The molecule has 1 saturated carbocycles. The first-order valence-electron chi connectivity index (χ1n) is 5.84. The molecule has 1 aliphatic rings. The van der Waals surface area contributed by atoms with Gasteiger partial charge in [-0.15, -0.1) is 0 Å². The summed E-state index contributed by atoms with van der Waals surface area (Å²) in [4.78, 5) is 16.9. The largest absolute Gasteiger partial charge is 0.456 e. The van der Waals surface area contributed by atoms with Crippen LogP contribution >= 0.6 is 0 Å². The molecule has 0 saturated heterocycles. The van der Waals surface area contributed by atoms with Gasteiger partial charge in [-0.2, -0.15) is 0 Å². The molecule has 1 amide bonds. The summed E-state index contributed by atoms with van der Waals surface area (Å²) in [6.45, 7) is 1.98. The minimum atomic E-state index is -0.299. The van der Waals surface area contributed by atoms with Crippen molar-refractivity contribution in [1.82, 2.24) is 5.48 Å². The fraction of sp³-hybridized carbons (Fsp3) is 0.583. The zero-order valence-corrected chi connectivity index (χ0v) is 9.49. The Morgan fingerprint density at radius 3 is 2.88 bits per heavy atom. The van der Waals surface area contributed by atoms with Crippen molar-refractivity contribution in [2.45, 2.75) is 45.1 Å². The van der Waals surface area contributed by atoms with Crippen LogP contribution in [0.3, 0.4) is 0 Å². The lowest BCUT2D eigenvalue weighted by molar-refractivity contribution is -0.0139. The molecular weight excluding hydrogens is 206 g/mol. The number of aryl methyl sites for hydroxylation is 1. The fourth-order valence-electron chi connectivity index (χ4n) is 1.88. The summed E-state index contributed by atoms with van der Waals surface area (Å²) in [6.07, 6.45) is 5.38. The van der Waals surface area contributed by atoms with Gasteiger partial charge in [-0.3, -0.25) is 9.63 Å². The molecule has 4 nitrogen and oxygen atoms in total. The lowest BCUT2D eigenvalue weighted by Gasteiger charge is -2.09. The molecule has 0 bridgehead atoms. The lowest BCUT2D eigenvalue weighted by Crippen LogP contribution is -2.27. The topological polar surface area (TPSA) is 51.5 Å². The lowest BCUT2D eigenvalue weighted by atomic mass is 10.3. The number of hydrogen-bond donors (Lipinski definition) is 1. The van der Waals surface area contributed by atoms with Crippen molar-refractivity contribution in [2.75, 3.05) is 0 Å². The summed E-state index contributed by atoms with van der Waals surface area (Å²) in [6, 6.07) is 3.48. The predicted molar refractivity (Wildman–Crippen MR) is 58.9 cm³/mol. The Hall–Kier alpha value is -1.29. The Kier molecular flexibility index (Phi) is 3.62. The quantitative estimate of drug-likeness (QED) is 0.798. The van der Waals surface area contributed by atoms with Gasteiger partial charge in [0.15, 0.2) is 5.76 Å². The zero-order chi connectivity index (χ0) is 11.4. The minimum absolute atomic E-state index is 0.171. The maximum absolute atomic E-state index is 11.6. The zero-order valence-electron chi connectivity index (χ0n) is 9.49. The molecule has 1 N–H and O–H groups in total. The van der Waals surface area contributed by atoms with E-state index in [-0.39, 0.29) is 12.0 Å². The van der Waals surface area contributed by atoms with Crippen LogP contribution in [0.25, 0.3) is 0 Å². The standard InChI is InChI=1S/C12H17NO3/c1-2-9-7-8-11(15-9)12(14)13-16-10-5-3-4-6-10/h7-8,10H,2-6H2,1H3,(H,13,14). The maximum Gasteiger partial charge on any atom is 0.310 e. The Labute approximate surface area is 94.9 Å². The summed E-state index contributed by atoms with van der Waals surface area (Å²) in [5.41, 5.74) is 2.45. The van der Waals surface area contributed by atoms with E-state index in [0.29, 0.717) is 5.76 Å². The van der Waals surface area contributed by atoms with E-state index in [1.165, 1.54) is 12.8 Å². The van der Waals surface area contributed by atoms with Crippen LogP contribution in [0, 0.1) is 0 Å². The number of carbonyl (C=O) groups excluding carboxylic acids is 1. The van der Waals surface area contributed by atoms with E-state index in [9.17, 15) is 4.79 Å². The second-order valence-corrected chi connectivity index (χ2v) is 4.08. The highest BCUT2D eigenvalue weighted by atomic mass is 16.7. The van der Waals surface area contributed by atoms with Gasteiger partial charge >= 0.3 is 5.91 Å². The van der Waals surface area contributed by atoms with Gasteiger partial charge in [0.1, 0.15) is 5.76 Å². The molecule has 88 valence electrons. The first kappa shape index (κ1) is 11.2. The highest BCUT2D eigenvalue weighted by Crippen LogP contribution is 2.20. The normalized spacial score (nSPS) is 16.6. The van der Waals surface area contributed by atoms with Crippen LogP contribution in [0.15, 0.2) is 16.5 Å². The van der Waals surface area contributed by atoms with Crippen molar-refractivity contribution in [3.8, 4) is 0 Å². The van der Waals surface area contributed by atoms with E-state index in [4.69, 9.17) is 9.25 Å². The smallest absolute Gasteiger partial charge is 0.310 e. The number of amides is 1. The van der Waals surface area contributed by atoms with Gasteiger partial charge in [-0.1, -0.05) is 19.8 Å². The minimum Gasteiger partial charge on any atom is -0.456 e. The third-order valence-electron chi connectivity index (χ3n) is 2.85. The molecule has 1 aromatic heterocycles. The Bertz CT molecular complexity index is 353. The number of carbonyl (C=O) groups is 1. The van der Waals surface area contributed by atoms with Gasteiger partial charge in [-0.25, -0.2) is 5.48 Å².